The zero-order valence-electron chi connectivity index (χ0n) is 17.8. The predicted molar refractivity (Wildman–Crippen MR) is 121 cm³/mol. The van der Waals surface area contributed by atoms with Gasteiger partial charge < -0.3 is 19.8 Å². The second-order valence-electron chi connectivity index (χ2n) is 7.55. The van der Waals surface area contributed by atoms with Crippen LogP contribution in [0.2, 0.25) is 0 Å². The maximum absolute atomic E-state index is 12.3. The summed E-state index contributed by atoms with van der Waals surface area (Å²) in [4.78, 5) is 30.8. The van der Waals surface area contributed by atoms with Crippen molar-refractivity contribution in [3.8, 4) is 11.3 Å². The van der Waals surface area contributed by atoms with Crippen molar-refractivity contribution >= 4 is 23.2 Å². The molecule has 32 heavy (non-hydrogen) atoms. The lowest BCUT2D eigenvalue weighted by atomic mass is 10.2. The van der Waals surface area contributed by atoms with Gasteiger partial charge in [0, 0.05) is 42.9 Å². The Bertz CT molecular complexity index is 1030. The van der Waals surface area contributed by atoms with E-state index >= 15 is 0 Å². The molecule has 8 heteroatoms. The highest BCUT2D eigenvalue weighted by Crippen LogP contribution is 2.20. The first kappa shape index (κ1) is 21.7. The number of nitrogens with zero attached hydrogens (tertiary/aromatic N) is 2. The van der Waals surface area contributed by atoms with Crippen LogP contribution < -0.4 is 10.6 Å². The van der Waals surface area contributed by atoms with E-state index in [1.165, 1.54) is 0 Å². The van der Waals surface area contributed by atoms with Crippen molar-refractivity contribution in [3.05, 3.63) is 66.7 Å². The Morgan fingerprint density at radius 1 is 0.906 bits per heavy atom. The van der Waals surface area contributed by atoms with Crippen LogP contribution in [0.1, 0.15) is 12.3 Å². The van der Waals surface area contributed by atoms with Gasteiger partial charge in [0.15, 0.2) is 11.7 Å². The molecule has 0 unspecified atom stereocenters. The van der Waals surface area contributed by atoms with E-state index in [1.54, 1.807) is 30.5 Å². The summed E-state index contributed by atoms with van der Waals surface area (Å²) in [6.45, 7) is 3.19. The van der Waals surface area contributed by atoms with Gasteiger partial charge >= 0.3 is 0 Å². The molecular formula is C24H26N4O4. The van der Waals surface area contributed by atoms with Crippen LogP contribution >= 0.6 is 0 Å². The Hall–Kier alpha value is -3.49. The zero-order valence-corrected chi connectivity index (χ0v) is 17.8. The number of carbonyl (C=O) groups is 2. The number of aromatic nitrogens is 1. The van der Waals surface area contributed by atoms with Crippen LogP contribution in [0.3, 0.4) is 0 Å². The first-order valence-corrected chi connectivity index (χ1v) is 10.7. The molecule has 0 radical (unpaired) electrons. The predicted octanol–water partition coefficient (Wildman–Crippen LogP) is 3.18. The van der Waals surface area contributed by atoms with Crippen LogP contribution in [0, 0.1) is 0 Å². The van der Waals surface area contributed by atoms with E-state index in [4.69, 9.17) is 9.15 Å². The highest BCUT2D eigenvalue weighted by molar-refractivity contribution is 5.93. The minimum absolute atomic E-state index is 0.0653. The summed E-state index contributed by atoms with van der Waals surface area (Å²) in [5, 5.41) is 5.73. The average molecular weight is 434 g/mol. The Morgan fingerprint density at radius 3 is 2.25 bits per heavy atom. The molecule has 1 saturated heterocycles. The molecule has 3 aromatic rings. The lowest BCUT2D eigenvalue weighted by Crippen LogP contribution is -2.41. The molecule has 0 atom stereocenters. The lowest BCUT2D eigenvalue weighted by molar-refractivity contribution is -0.118. The number of amides is 2. The Kier molecular flexibility index (Phi) is 7.27. The number of aryl methyl sites for hydroxylation is 1. The summed E-state index contributed by atoms with van der Waals surface area (Å²) < 4.78 is 11.0. The van der Waals surface area contributed by atoms with Crippen LogP contribution in [0.5, 0.6) is 0 Å². The largest absolute Gasteiger partial charge is 0.441 e. The van der Waals surface area contributed by atoms with E-state index < -0.39 is 0 Å². The summed E-state index contributed by atoms with van der Waals surface area (Å²) in [5.74, 6) is 1.02. The monoisotopic (exact) mass is 434 g/mol. The number of hydrogen-bond donors (Lipinski definition) is 2. The minimum Gasteiger partial charge on any atom is -0.441 e. The van der Waals surface area contributed by atoms with Crippen molar-refractivity contribution in [3.63, 3.8) is 0 Å². The summed E-state index contributed by atoms with van der Waals surface area (Å²) in [5.41, 5.74) is 2.31. The van der Waals surface area contributed by atoms with Gasteiger partial charge in [0.2, 0.25) is 11.8 Å². The standard InChI is InChI=1S/C24H26N4O4/c29-22(10-11-24-25-16-21(32-24)18-4-2-1-3-5-18)26-19-6-8-20(9-7-19)27-23(30)17-28-12-14-31-15-13-28/h1-9,16H,10-15,17H2,(H,26,29)(H,27,30). The lowest BCUT2D eigenvalue weighted by Gasteiger charge is -2.25. The van der Waals surface area contributed by atoms with Crippen molar-refractivity contribution in [2.45, 2.75) is 12.8 Å². The number of hydrogen-bond acceptors (Lipinski definition) is 6. The van der Waals surface area contributed by atoms with Crippen molar-refractivity contribution < 1.29 is 18.7 Å². The molecule has 2 aromatic carbocycles. The Labute approximate surface area is 186 Å². The summed E-state index contributed by atoms with van der Waals surface area (Å²) in [7, 11) is 0. The maximum Gasteiger partial charge on any atom is 0.238 e. The number of benzene rings is 2. The van der Waals surface area contributed by atoms with Gasteiger partial charge in [-0.3, -0.25) is 14.5 Å². The Morgan fingerprint density at radius 2 is 1.56 bits per heavy atom. The molecule has 1 fully saturated rings. The fraction of sp³-hybridized carbons (Fsp3) is 0.292. The van der Waals surface area contributed by atoms with Crippen LogP contribution in [-0.4, -0.2) is 54.5 Å². The molecule has 0 saturated carbocycles. The van der Waals surface area contributed by atoms with E-state index in [0.29, 0.717) is 49.2 Å². The van der Waals surface area contributed by atoms with Crippen LogP contribution in [0.4, 0.5) is 11.4 Å². The van der Waals surface area contributed by atoms with Gasteiger partial charge in [-0.2, -0.15) is 0 Å². The quantitative estimate of drug-likeness (QED) is 0.565. The molecule has 0 spiro atoms. The molecule has 4 rings (SSSR count). The molecule has 2 heterocycles. The van der Waals surface area contributed by atoms with Gasteiger partial charge in [-0.15, -0.1) is 0 Å². The molecule has 1 aliphatic heterocycles. The van der Waals surface area contributed by atoms with Crippen LogP contribution in [0.25, 0.3) is 11.3 Å². The van der Waals surface area contributed by atoms with Crippen molar-refractivity contribution in [2.24, 2.45) is 0 Å². The van der Waals surface area contributed by atoms with Crippen LogP contribution in [-0.2, 0) is 20.7 Å². The third kappa shape index (κ3) is 6.26. The number of ether oxygens (including phenoxy) is 1. The molecular weight excluding hydrogens is 408 g/mol. The first-order chi connectivity index (χ1) is 15.7. The third-order valence-electron chi connectivity index (χ3n) is 5.10. The van der Waals surface area contributed by atoms with E-state index in [-0.39, 0.29) is 18.2 Å². The fourth-order valence-corrected chi connectivity index (χ4v) is 3.41. The fourth-order valence-electron chi connectivity index (χ4n) is 3.41. The van der Waals surface area contributed by atoms with Crippen molar-refractivity contribution in [2.75, 3.05) is 43.5 Å². The molecule has 2 amide bonds. The molecule has 8 nitrogen and oxygen atoms in total. The van der Waals surface area contributed by atoms with Gasteiger partial charge in [-0.25, -0.2) is 4.98 Å². The maximum atomic E-state index is 12.3. The first-order valence-electron chi connectivity index (χ1n) is 10.7. The highest BCUT2D eigenvalue weighted by atomic mass is 16.5. The van der Waals surface area contributed by atoms with Gasteiger partial charge in [0.1, 0.15) is 0 Å². The summed E-state index contributed by atoms with van der Waals surface area (Å²) in [6.07, 6.45) is 2.34. The molecule has 166 valence electrons. The molecule has 0 aliphatic carbocycles. The van der Waals surface area contributed by atoms with Crippen molar-refractivity contribution in [1.82, 2.24) is 9.88 Å². The molecule has 0 bridgehead atoms. The molecule has 1 aromatic heterocycles. The average Bonchev–Trinajstić information content (AvgIpc) is 3.29. The SMILES string of the molecule is O=C(CCc1ncc(-c2ccccc2)o1)Nc1ccc(NC(=O)CN2CCOCC2)cc1. The summed E-state index contributed by atoms with van der Waals surface area (Å²) >= 11 is 0. The highest BCUT2D eigenvalue weighted by Gasteiger charge is 2.14. The topological polar surface area (TPSA) is 96.7 Å². The second-order valence-corrected chi connectivity index (χ2v) is 7.55. The number of nitrogens with one attached hydrogen (secondary N) is 2. The van der Waals surface area contributed by atoms with E-state index in [9.17, 15) is 9.59 Å². The number of carbonyl (C=O) groups excluding carboxylic acids is 2. The smallest absolute Gasteiger partial charge is 0.238 e. The number of anilines is 2. The third-order valence-corrected chi connectivity index (χ3v) is 5.10. The zero-order chi connectivity index (χ0) is 22.2. The van der Waals surface area contributed by atoms with Gasteiger partial charge in [0.25, 0.3) is 0 Å². The second kappa shape index (κ2) is 10.7. The number of morpholine rings is 1. The Balaban J connectivity index is 1.21. The number of rotatable bonds is 8. The molecule has 2 N–H and O–H groups in total. The van der Waals surface area contributed by atoms with Gasteiger partial charge in [-0.1, -0.05) is 30.3 Å². The van der Waals surface area contributed by atoms with Crippen LogP contribution in [0.15, 0.2) is 65.2 Å². The summed E-state index contributed by atoms with van der Waals surface area (Å²) in [6, 6.07) is 16.8. The van der Waals surface area contributed by atoms with Crippen molar-refractivity contribution in [1.29, 1.82) is 0 Å². The van der Waals surface area contributed by atoms with E-state index in [0.717, 1.165) is 18.7 Å². The van der Waals surface area contributed by atoms with Gasteiger partial charge in [-0.05, 0) is 24.3 Å². The van der Waals surface area contributed by atoms with E-state index in [1.807, 2.05) is 30.3 Å². The number of oxazole rings is 1. The minimum atomic E-state index is -0.131. The molecule has 1 aliphatic rings. The van der Waals surface area contributed by atoms with Gasteiger partial charge in [0.05, 0.1) is 26.0 Å². The normalized spacial score (nSPS) is 14.1. The van der Waals surface area contributed by atoms with E-state index in [2.05, 4.69) is 20.5 Å².